The van der Waals surface area contributed by atoms with Gasteiger partial charge in [0, 0.05) is 19.6 Å². The highest BCUT2D eigenvalue weighted by Crippen LogP contribution is 2.22. The summed E-state index contributed by atoms with van der Waals surface area (Å²) in [4.78, 5) is 1.54. The Kier molecular flexibility index (Phi) is 6.54. The molecule has 0 radical (unpaired) electrons. The Bertz CT molecular complexity index is 863. The minimum atomic E-state index is -4.08. The molecule has 1 aliphatic heterocycles. The van der Waals surface area contributed by atoms with Gasteiger partial charge < -0.3 is 4.74 Å². The molecule has 0 saturated carbocycles. The van der Waals surface area contributed by atoms with Crippen molar-refractivity contribution in [2.75, 3.05) is 32.8 Å². The summed E-state index contributed by atoms with van der Waals surface area (Å²) in [5, 5.41) is 0. The highest BCUT2D eigenvalue weighted by atomic mass is 32.2. The maximum absolute atomic E-state index is 13.7. The van der Waals surface area contributed by atoms with Crippen LogP contribution in [-0.4, -0.2) is 46.1 Å². The highest BCUT2D eigenvalue weighted by molar-refractivity contribution is 7.89. The van der Waals surface area contributed by atoms with E-state index in [1.54, 1.807) is 0 Å². The van der Waals surface area contributed by atoms with Crippen LogP contribution >= 0.6 is 0 Å². The summed E-state index contributed by atoms with van der Waals surface area (Å²) in [5.74, 6) is -1.76. The number of halogens is 2. The number of hydrogen-bond acceptors (Lipinski definition) is 4. The number of morpholine rings is 1. The molecule has 0 aliphatic carbocycles. The first-order valence-corrected chi connectivity index (χ1v) is 10.3. The van der Waals surface area contributed by atoms with Crippen LogP contribution in [0.3, 0.4) is 0 Å². The lowest BCUT2D eigenvalue weighted by Crippen LogP contribution is -2.39. The van der Waals surface area contributed by atoms with Gasteiger partial charge in [-0.3, -0.25) is 4.90 Å². The van der Waals surface area contributed by atoms with Gasteiger partial charge >= 0.3 is 0 Å². The second kappa shape index (κ2) is 8.88. The fourth-order valence-corrected chi connectivity index (χ4v) is 4.21. The standard InChI is InChI=1S/C19H22F2N2O3S/c20-16-7-8-17(21)19(13-16)27(24,25)22-9-4-10-23-11-12-26-18(14-23)15-5-2-1-3-6-15/h1-3,5-8,13,18,22H,4,9-12,14H2/t18-/m1/s1. The Morgan fingerprint density at radius 3 is 2.70 bits per heavy atom. The van der Waals surface area contributed by atoms with Crippen molar-refractivity contribution >= 4 is 10.0 Å². The van der Waals surface area contributed by atoms with E-state index in [1.807, 2.05) is 30.3 Å². The first-order valence-electron chi connectivity index (χ1n) is 8.79. The van der Waals surface area contributed by atoms with Crippen LogP contribution in [0.1, 0.15) is 18.1 Å². The highest BCUT2D eigenvalue weighted by Gasteiger charge is 2.22. The molecule has 1 aliphatic rings. The zero-order chi connectivity index (χ0) is 19.3. The summed E-state index contributed by atoms with van der Waals surface area (Å²) in [7, 11) is -4.08. The molecule has 5 nitrogen and oxygen atoms in total. The Morgan fingerprint density at radius 1 is 1.15 bits per heavy atom. The fourth-order valence-electron chi connectivity index (χ4n) is 3.05. The molecule has 27 heavy (non-hydrogen) atoms. The lowest BCUT2D eigenvalue weighted by molar-refractivity contribution is -0.0300. The molecule has 0 unspecified atom stereocenters. The van der Waals surface area contributed by atoms with E-state index in [1.165, 1.54) is 0 Å². The van der Waals surface area contributed by atoms with Crippen LogP contribution in [0, 0.1) is 11.6 Å². The average Bonchev–Trinajstić information content (AvgIpc) is 2.68. The van der Waals surface area contributed by atoms with Crippen molar-refractivity contribution in [3.05, 3.63) is 65.7 Å². The smallest absolute Gasteiger partial charge is 0.243 e. The summed E-state index contributed by atoms with van der Waals surface area (Å²) in [5.41, 5.74) is 1.12. The summed E-state index contributed by atoms with van der Waals surface area (Å²) in [6.45, 7) is 2.94. The van der Waals surface area contributed by atoms with Crippen molar-refractivity contribution in [3.63, 3.8) is 0 Å². The van der Waals surface area contributed by atoms with Gasteiger partial charge in [0.1, 0.15) is 16.5 Å². The van der Waals surface area contributed by atoms with Crippen LogP contribution < -0.4 is 4.72 Å². The van der Waals surface area contributed by atoms with Gasteiger partial charge in [0.05, 0.1) is 12.7 Å². The molecule has 146 valence electrons. The number of nitrogens with one attached hydrogen (secondary N) is 1. The van der Waals surface area contributed by atoms with E-state index < -0.39 is 26.6 Å². The summed E-state index contributed by atoms with van der Waals surface area (Å²) in [6.07, 6.45) is 0.551. The first-order chi connectivity index (χ1) is 13.0. The average molecular weight is 396 g/mol. The van der Waals surface area contributed by atoms with Crippen molar-refractivity contribution in [2.24, 2.45) is 0 Å². The number of nitrogens with zero attached hydrogens (tertiary/aromatic N) is 1. The molecule has 0 amide bonds. The van der Waals surface area contributed by atoms with Crippen molar-refractivity contribution in [2.45, 2.75) is 17.4 Å². The van der Waals surface area contributed by atoms with Gasteiger partial charge in [-0.15, -0.1) is 0 Å². The second-order valence-electron chi connectivity index (χ2n) is 6.40. The predicted octanol–water partition coefficient (Wildman–Crippen LogP) is 2.71. The van der Waals surface area contributed by atoms with E-state index in [4.69, 9.17) is 4.74 Å². The third-order valence-electron chi connectivity index (χ3n) is 4.45. The second-order valence-corrected chi connectivity index (χ2v) is 8.13. The summed E-state index contributed by atoms with van der Waals surface area (Å²) in [6, 6.07) is 12.3. The molecular weight excluding hydrogens is 374 g/mol. The van der Waals surface area contributed by atoms with Gasteiger partial charge in [-0.1, -0.05) is 30.3 Å². The SMILES string of the molecule is O=S(=O)(NCCCN1CCO[C@@H](c2ccccc2)C1)c1cc(F)ccc1F. The van der Waals surface area contributed by atoms with E-state index in [0.29, 0.717) is 25.6 Å². The minimum Gasteiger partial charge on any atom is -0.371 e. The summed E-state index contributed by atoms with van der Waals surface area (Å²) >= 11 is 0. The molecule has 1 fully saturated rings. The monoisotopic (exact) mass is 396 g/mol. The van der Waals surface area contributed by atoms with Gasteiger partial charge in [0.25, 0.3) is 0 Å². The maximum Gasteiger partial charge on any atom is 0.243 e. The van der Waals surface area contributed by atoms with Crippen molar-refractivity contribution in [1.82, 2.24) is 9.62 Å². The third-order valence-corrected chi connectivity index (χ3v) is 5.92. The Morgan fingerprint density at radius 2 is 1.93 bits per heavy atom. The Hall–Kier alpha value is -1.87. The fraction of sp³-hybridized carbons (Fsp3) is 0.368. The summed E-state index contributed by atoms with van der Waals surface area (Å²) < 4.78 is 59.3. The predicted molar refractivity (Wildman–Crippen MR) is 97.7 cm³/mol. The molecular formula is C19H22F2N2O3S. The van der Waals surface area contributed by atoms with Gasteiger partial charge in [0.15, 0.2) is 0 Å². The molecule has 0 spiro atoms. The Labute approximate surface area is 158 Å². The van der Waals surface area contributed by atoms with Crippen LogP contribution in [0.2, 0.25) is 0 Å². The third kappa shape index (κ3) is 5.32. The van der Waals surface area contributed by atoms with E-state index in [9.17, 15) is 17.2 Å². The normalized spacial score (nSPS) is 18.5. The topological polar surface area (TPSA) is 58.6 Å². The van der Waals surface area contributed by atoms with Gasteiger partial charge in [0.2, 0.25) is 10.0 Å². The molecule has 1 N–H and O–H groups in total. The van der Waals surface area contributed by atoms with Crippen molar-refractivity contribution < 1.29 is 21.9 Å². The lowest BCUT2D eigenvalue weighted by Gasteiger charge is -2.33. The lowest BCUT2D eigenvalue weighted by atomic mass is 10.1. The molecule has 1 atom stereocenters. The number of benzene rings is 2. The maximum atomic E-state index is 13.7. The van der Waals surface area contributed by atoms with Crippen LogP contribution in [-0.2, 0) is 14.8 Å². The van der Waals surface area contributed by atoms with Crippen molar-refractivity contribution in [1.29, 1.82) is 0 Å². The van der Waals surface area contributed by atoms with Gasteiger partial charge in [-0.05, 0) is 36.7 Å². The van der Waals surface area contributed by atoms with Crippen LogP contribution in [0.25, 0.3) is 0 Å². The largest absolute Gasteiger partial charge is 0.371 e. The van der Waals surface area contributed by atoms with Crippen LogP contribution in [0.5, 0.6) is 0 Å². The van der Waals surface area contributed by atoms with Crippen molar-refractivity contribution in [3.8, 4) is 0 Å². The molecule has 0 aromatic heterocycles. The first kappa shape index (κ1) is 19.9. The molecule has 8 heteroatoms. The molecule has 0 bridgehead atoms. The number of rotatable bonds is 7. The molecule has 1 heterocycles. The molecule has 2 aromatic rings. The molecule has 2 aromatic carbocycles. The van der Waals surface area contributed by atoms with Crippen LogP contribution in [0.4, 0.5) is 8.78 Å². The van der Waals surface area contributed by atoms with Crippen LogP contribution in [0.15, 0.2) is 53.4 Å². The van der Waals surface area contributed by atoms with Gasteiger partial charge in [-0.2, -0.15) is 0 Å². The number of sulfonamides is 1. The molecule has 1 saturated heterocycles. The van der Waals surface area contributed by atoms with E-state index in [2.05, 4.69) is 9.62 Å². The van der Waals surface area contributed by atoms with E-state index in [-0.39, 0.29) is 12.6 Å². The zero-order valence-electron chi connectivity index (χ0n) is 14.8. The number of ether oxygens (including phenoxy) is 1. The quantitative estimate of drug-likeness (QED) is 0.731. The van der Waals surface area contributed by atoms with E-state index >= 15 is 0 Å². The Balaban J connectivity index is 1.49. The minimum absolute atomic E-state index is 0.00182. The molecule has 3 rings (SSSR count). The van der Waals surface area contributed by atoms with E-state index in [0.717, 1.165) is 30.8 Å². The number of hydrogen-bond donors (Lipinski definition) is 1. The zero-order valence-corrected chi connectivity index (χ0v) is 15.6. The van der Waals surface area contributed by atoms with Gasteiger partial charge in [-0.25, -0.2) is 21.9 Å².